The number of aromatic nitrogens is 4. The molecule has 0 amide bonds. The molecule has 0 fully saturated rings. The number of fused-ring (bicyclic) bond motifs is 8. The zero-order chi connectivity index (χ0) is 51.4. The van der Waals surface area contributed by atoms with Gasteiger partial charge in [0.15, 0.2) is 46.5 Å². The van der Waals surface area contributed by atoms with Gasteiger partial charge in [0.2, 0.25) is 11.6 Å². The van der Waals surface area contributed by atoms with Crippen molar-refractivity contribution >= 4 is 46.4 Å². The zero-order valence-electron chi connectivity index (χ0n) is 37.9. The van der Waals surface area contributed by atoms with Crippen molar-refractivity contribution in [2.24, 2.45) is 0 Å². The van der Waals surface area contributed by atoms with E-state index in [2.05, 4.69) is 9.97 Å². The van der Waals surface area contributed by atoms with Crippen LogP contribution in [-0.4, -0.2) is 19.9 Å². The minimum atomic E-state index is -2.37. The average Bonchev–Trinajstić information content (AvgIpc) is 4.29. The van der Waals surface area contributed by atoms with Gasteiger partial charge in [-0.15, -0.1) is 0 Å². The van der Waals surface area contributed by atoms with Gasteiger partial charge in [0.05, 0.1) is 33.9 Å². The first kappa shape index (κ1) is 47.2. The molecule has 8 bridgehead atoms. The fraction of sp³-hybridized carbons (Fsp3) is 0.0345. The fourth-order valence-corrected chi connectivity index (χ4v) is 8.91. The molecule has 6 aromatic carbocycles. The SMILES string of the molecule is Fc1c(F)c(F)c(-c2c3nc(c(-c4ccc(OCc5ccccc5)cc4)c4ccc([nH]4)c(-c4c(F)c(F)c(F)c(F)c4F)c4nc(c(-c5ccc(OCc6ccccc6)cc5)c5ccc2[nH]5)C=C4)C=C3)c(F)c1F. The van der Waals surface area contributed by atoms with Crippen LogP contribution >= 0.6 is 0 Å². The Morgan fingerprint density at radius 2 is 0.581 bits per heavy atom. The lowest BCUT2D eigenvalue weighted by molar-refractivity contribution is 0.306. The van der Waals surface area contributed by atoms with E-state index in [4.69, 9.17) is 19.4 Å². The summed E-state index contributed by atoms with van der Waals surface area (Å²) in [6, 6.07) is 37.2. The van der Waals surface area contributed by atoms with E-state index in [1.807, 2.05) is 60.7 Å². The number of nitrogens with one attached hydrogen (secondary N) is 2. The molecule has 2 aliphatic heterocycles. The Balaban J connectivity index is 1.22. The third-order valence-corrected chi connectivity index (χ3v) is 12.5. The monoisotopic (exact) mass is 1010 g/mol. The van der Waals surface area contributed by atoms with Gasteiger partial charge in [0.25, 0.3) is 0 Å². The molecule has 0 radical (unpaired) electrons. The second kappa shape index (κ2) is 19.1. The maximum Gasteiger partial charge on any atom is 0.200 e. The van der Waals surface area contributed by atoms with Gasteiger partial charge in [-0.1, -0.05) is 84.9 Å². The lowest BCUT2D eigenvalue weighted by atomic mass is 10.0. The van der Waals surface area contributed by atoms with Crippen LogP contribution in [0.2, 0.25) is 0 Å². The molecule has 0 atom stereocenters. The molecular weight excluding hydrogens is 975 g/mol. The number of H-pyrrole nitrogens is 2. The highest BCUT2D eigenvalue weighted by Crippen LogP contribution is 2.42. The molecule has 0 spiro atoms. The summed E-state index contributed by atoms with van der Waals surface area (Å²) in [4.78, 5) is 15.6. The molecule has 2 N–H and O–H groups in total. The van der Waals surface area contributed by atoms with E-state index in [9.17, 15) is 8.78 Å². The quantitative estimate of drug-likeness (QED) is 0.0813. The van der Waals surface area contributed by atoms with Gasteiger partial charge in [0, 0.05) is 44.3 Å². The molecule has 2 aliphatic rings. The van der Waals surface area contributed by atoms with E-state index in [1.54, 1.807) is 48.5 Å². The molecule has 0 saturated heterocycles. The van der Waals surface area contributed by atoms with Crippen molar-refractivity contribution in [1.82, 2.24) is 19.9 Å². The molecule has 16 heteroatoms. The average molecular weight is 1010 g/mol. The maximum absolute atomic E-state index is 16.1. The third kappa shape index (κ3) is 8.42. The second-order valence-electron chi connectivity index (χ2n) is 17.0. The fourth-order valence-electron chi connectivity index (χ4n) is 8.91. The van der Waals surface area contributed by atoms with E-state index in [1.165, 1.54) is 48.6 Å². The molecule has 366 valence electrons. The molecular formula is C58H32F10N4O2. The Labute approximate surface area is 413 Å². The van der Waals surface area contributed by atoms with Crippen LogP contribution in [0.4, 0.5) is 43.9 Å². The Morgan fingerprint density at radius 3 is 0.905 bits per heavy atom. The number of benzene rings is 6. The maximum atomic E-state index is 16.1. The molecule has 0 saturated carbocycles. The van der Waals surface area contributed by atoms with Crippen molar-refractivity contribution in [2.45, 2.75) is 13.2 Å². The van der Waals surface area contributed by atoms with E-state index in [-0.39, 0.29) is 69.2 Å². The van der Waals surface area contributed by atoms with Crippen LogP contribution in [-0.2, 0) is 13.2 Å². The van der Waals surface area contributed by atoms with Crippen molar-refractivity contribution < 1.29 is 53.4 Å². The Bertz CT molecular complexity index is 3640. The van der Waals surface area contributed by atoms with Gasteiger partial charge >= 0.3 is 0 Å². The van der Waals surface area contributed by atoms with Gasteiger partial charge in [-0.2, -0.15) is 0 Å². The summed E-state index contributed by atoms with van der Waals surface area (Å²) < 4.78 is 167. The van der Waals surface area contributed by atoms with Crippen LogP contribution in [0.25, 0.3) is 90.9 Å². The molecule has 74 heavy (non-hydrogen) atoms. The van der Waals surface area contributed by atoms with Gasteiger partial charge in [-0.25, -0.2) is 53.9 Å². The van der Waals surface area contributed by atoms with Gasteiger partial charge in [0.1, 0.15) is 24.7 Å². The predicted molar refractivity (Wildman–Crippen MR) is 262 cm³/mol. The number of aromatic amines is 2. The Morgan fingerprint density at radius 1 is 0.297 bits per heavy atom. The van der Waals surface area contributed by atoms with E-state index in [0.717, 1.165) is 11.1 Å². The Hall–Kier alpha value is -9.18. The second-order valence-corrected chi connectivity index (χ2v) is 17.0. The number of rotatable bonds is 10. The highest BCUT2D eigenvalue weighted by Gasteiger charge is 2.32. The van der Waals surface area contributed by atoms with E-state index >= 15 is 35.1 Å². The van der Waals surface area contributed by atoms with Crippen LogP contribution in [0.5, 0.6) is 11.5 Å². The van der Waals surface area contributed by atoms with Crippen LogP contribution in [0.15, 0.2) is 133 Å². The minimum Gasteiger partial charge on any atom is -0.489 e. The van der Waals surface area contributed by atoms with Gasteiger partial charge in [-0.3, -0.25) is 0 Å². The van der Waals surface area contributed by atoms with Crippen LogP contribution in [0.1, 0.15) is 33.9 Å². The summed E-state index contributed by atoms with van der Waals surface area (Å²) in [7, 11) is 0. The van der Waals surface area contributed by atoms with Crippen LogP contribution in [0.3, 0.4) is 0 Å². The van der Waals surface area contributed by atoms with Crippen molar-refractivity contribution in [3.63, 3.8) is 0 Å². The van der Waals surface area contributed by atoms with Crippen molar-refractivity contribution in [3.8, 4) is 56.0 Å². The largest absolute Gasteiger partial charge is 0.489 e. The summed E-state index contributed by atoms with van der Waals surface area (Å²) in [5.41, 5.74) is -1.23. The standard InChI is InChI=1S/C58H32F10N4O2/c59-49-47(50(60)54(64)57(67)53(49)63)45-39-23-19-35(69-39)43(31-11-15-33(16-12-31)73-27-29-7-3-1-4-8-29)36-20-24-40(70-36)46(48-51(61)55(65)58(68)56(66)52(48)62)42-26-22-38(72-42)44(37-21-25-41(45)71-37)32-13-17-34(18-14-32)74-28-30-9-5-2-6-10-30/h1-26,69,72H,27-28H2. The minimum absolute atomic E-state index is 0.0416. The van der Waals surface area contributed by atoms with Crippen molar-refractivity contribution in [2.75, 3.05) is 0 Å². The summed E-state index contributed by atoms with van der Waals surface area (Å²) in [6.07, 6.45) is 5.44. The predicted octanol–water partition coefficient (Wildman–Crippen LogP) is 15.9. The van der Waals surface area contributed by atoms with Gasteiger partial charge < -0.3 is 19.4 Å². The number of hydrogen-bond acceptors (Lipinski definition) is 4. The van der Waals surface area contributed by atoms with E-state index < -0.39 is 80.4 Å². The molecule has 11 rings (SSSR count). The number of halogens is 10. The molecule has 6 nitrogen and oxygen atoms in total. The topological polar surface area (TPSA) is 75.8 Å². The molecule has 3 aromatic heterocycles. The van der Waals surface area contributed by atoms with Crippen molar-refractivity contribution in [1.29, 1.82) is 0 Å². The first-order valence-electron chi connectivity index (χ1n) is 22.6. The summed E-state index contributed by atoms with van der Waals surface area (Å²) in [6.45, 7) is 0.426. The third-order valence-electron chi connectivity index (χ3n) is 12.5. The number of ether oxygens (including phenoxy) is 2. The molecule has 5 heterocycles. The summed E-state index contributed by atoms with van der Waals surface area (Å²) >= 11 is 0. The number of nitrogens with zero attached hydrogens (tertiary/aromatic N) is 2. The molecule has 9 aromatic rings. The van der Waals surface area contributed by atoms with Crippen LogP contribution in [0, 0.1) is 58.2 Å². The lowest BCUT2D eigenvalue weighted by Crippen LogP contribution is -2.05. The molecule has 0 aliphatic carbocycles. The lowest BCUT2D eigenvalue weighted by Gasteiger charge is -2.11. The van der Waals surface area contributed by atoms with Crippen molar-refractivity contribution in [3.05, 3.63) is 226 Å². The van der Waals surface area contributed by atoms with Gasteiger partial charge in [-0.05, 0) is 95.1 Å². The van der Waals surface area contributed by atoms with Crippen LogP contribution < -0.4 is 9.47 Å². The zero-order valence-corrected chi connectivity index (χ0v) is 37.9. The summed E-state index contributed by atoms with van der Waals surface area (Å²) in [5, 5.41) is 0. The normalized spacial score (nSPS) is 11.9. The van der Waals surface area contributed by atoms with E-state index in [0.29, 0.717) is 22.6 Å². The first-order valence-corrected chi connectivity index (χ1v) is 22.6. The highest BCUT2D eigenvalue weighted by molar-refractivity contribution is 6.00. The smallest absolute Gasteiger partial charge is 0.200 e. The molecule has 0 unspecified atom stereocenters. The first-order chi connectivity index (χ1) is 35.8. The highest BCUT2D eigenvalue weighted by atomic mass is 19.2. The number of hydrogen-bond donors (Lipinski definition) is 2. The summed E-state index contributed by atoms with van der Waals surface area (Å²) in [5.74, 6) is -21.2. The Kier molecular flexibility index (Phi) is 12.2.